The molecular weight excluding hydrogens is 597 g/mol. The number of nitrogens with zero attached hydrogens (tertiary/aromatic N) is 2. The fourth-order valence-electron chi connectivity index (χ4n) is 4.44. The first kappa shape index (κ1) is 33.2. The molecule has 3 rings (SSSR count). The van der Waals surface area contributed by atoms with E-state index in [0.717, 1.165) is 21.7 Å². The van der Waals surface area contributed by atoms with E-state index in [1.165, 1.54) is 12.0 Å². The van der Waals surface area contributed by atoms with Crippen molar-refractivity contribution in [3.05, 3.63) is 93.5 Å². The van der Waals surface area contributed by atoms with Crippen LogP contribution < -0.4 is 14.4 Å². The summed E-state index contributed by atoms with van der Waals surface area (Å²) in [6, 6.07) is 18.2. The number of methoxy groups -OCH3 is 1. The van der Waals surface area contributed by atoms with Gasteiger partial charge in [-0.25, -0.2) is 8.42 Å². The molecule has 3 aromatic carbocycles. The first-order valence-corrected chi connectivity index (χ1v) is 16.1. The van der Waals surface area contributed by atoms with Gasteiger partial charge in [0.15, 0.2) is 0 Å². The van der Waals surface area contributed by atoms with Crippen LogP contribution in [0.4, 0.5) is 5.69 Å². The first-order chi connectivity index (χ1) is 19.8. The van der Waals surface area contributed by atoms with Gasteiger partial charge in [-0.05, 0) is 55.7 Å². The zero-order valence-electron chi connectivity index (χ0n) is 24.4. The number of carbonyl (C=O) groups excluding carboxylic acids is 2. The van der Waals surface area contributed by atoms with Crippen LogP contribution in [0.2, 0.25) is 10.0 Å². The molecule has 0 fully saturated rings. The Hall–Kier alpha value is -3.27. The van der Waals surface area contributed by atoms with Crippen LogP contribution in [0.5, 0.6) is 5.75 Å². The van der Waals surface area contributed by atoms with Crippen molar-refractivity contribution in [1.29, 1.82) is 0 Å². The Bertz CT molecular complexity index is 1480. The lowest BCUT2D eigenvalue weighted by atomic mass is 10.0. The fourth-order valence-corrected chi connectivity index (χ4v) is 5.80. The Morgan fingerprint density at radius 1 is 1.00 bits per heavy atom. The molecule has 1 N–H and O–H groups in total. The largest absolute Gasteiger partial charge is 0.495 e. The molecule has 0 unspecified atom stereocenters. The molecule has 11 heteroatoms. The number of sulfonamides is 1. The molecule has 0 bridgehead atoms. The van der Waals surface area contributed by atoms with E-state index in [2.05, 4.69) is 5.32 Å². The number of carbonyl (C=O) groups is 2. The molecule has 0 heterocycles. The average Bonchev–Trinajstić information content (AvgIpc) is 2.94. The molecule has 226 valence electrons. The van der Waals surface area contributed by atoms with Crippen LogP contribution in [0.15, 0.2) is 66.7 Å². The highest BCUT2D eigenvalue weighted by Crippen LogP contribution is 2.32. The first-order valence-electron chi connectivity index (χ1n) is 13.5. The summed E-state index contributed by atoms with van der Waals surface area (Å²) in [5.74, 6) is -0.696. The summed E-state index contributed by atoms with van der Waals surface area (Å²) in [5.41, 5.74) is 2.27. The van der Waals surface area contributed by atoms with Gasteiger partial charge in [0.2, 0.25) is 21.8 Å². The molecule has 42 heavy (non-hydrogen) atoms. The Morgan fingerprint density at radius 3 is 2.21 bits per heavy atom. The number of hydrogen-bond donors (Lipinski definition) is 1. The number of ether oxygens (including phenoxy) is 1. The van der Waals surface area contributed by atoms with Crippen molar-refractivity contribution in [2.45, 2.75) is 52.2 Å². The third kappa shape index (κ3) is 8.63. The summed E-state index contributed by atoms with van der Waals surface area (Å²) in [4.78, 5) is 29.4. The minimum absolute atomic E-state index is 0.120. The van der Waals surface area contributed by atoms with Crippen LogP contribution >= 0.6 is 23.2 Å². The van der Waals surface area contributed by atoms with Crippen LogP contribution in [0, 0.1) is 6.92 Å². The maximum absolute atomic E-state index is 14.3. The predicted molar refractivity (Wildman–Crippen MR) is 169 cm³/mol. The third-order valence-electron chi connectivity index (χ3n) is 6.94. The molecular formula is C31H37Cl2N3O5S. The number of rotatable bonds is 13. The van der Waals surface area contributed by atoms with Gasteiger partial charge in [-0.1, -0.05) is 72.6 Å². The number of amides is 2. The smallest absolute Gasteiger partial charge is 0.244 e. The van der Waals surface area contributed by atoms with Gasteiger partial charge >= 0.3 is 0 Å². The number of anilines is 1. The number of hydrogen-bond acceptors (Lipinski definition) is 5. The minimum Gasteiger partial charge on any atom is -0.495 e. The average molecular weight is 635 g/mol. The SMILES string of the molecule is CC[C@@H](C)NC(=O)[C@@H](Cc1ccccc1)N(Cc1c(Cl)cccc1Cl)C(=O)CN(c1cc(C)ccc1OC)S(C)(=O)=O. The van der Waals surface area contributed by atoms with Crippen molar-refractivity contribution < 1.29 is 22.7 Å². The second-order valence-corrected chi connectivity index (χ2v) is 12.9. The zero-order chi connectivity index (χ0) is 31.0. The molecule has 0 saturated heterocycles. The van der Waals surface area contributed by atoms with E-state index < -0.39 is 28.5 Å². The lowest BCUT2D eigenvalue weighted by Gasteiger charge is -2.34. The maximum atomic E-state index is 14.3. The summed E-state index contributed by atoms with van der Waals surface area (Å²) in [7, 11) is -2.53. The summed E-state index contributed by atoms with van der Waals surface area (Å²) in [6.45, 7) is 4.94. The topological polar surface area (TPSA) is 96.0 Å². The van der Waals surface area contributed by atoms with Crippen molar-refractivity contribution in [1.82, 2.24) is 10.2 Å². The highest BCUT2D eigenvalue weighted by Gasteiger charge is 2.34. The van der Waals surface area contributed by atoms with Crippen LogP contribution in [-0.2, 0) is 32.6 Å². The Morgan fingerprint density at radius 2 is 1.64 bits per heavy atom. The highest BCUT2D eigenvalue weighted by molar-refractivity contribution is 7.92. The molecule has 0 aliphatic carbocycles. The fraction of sp³-hybridized carbons (Fsp3) is 0.355. The van der Waals surface area contributed by atoms with E-state index in [1.807, 2.05) is 51.1 Å². The molecule has 2 atom stereocenters. The summed E-state index contributed by atoms with van der Waals surface area (Å²) < 4.78 is 32.6. The molecule has 8 nitrogen and oxygen atoms in total. The number of halogens is 2. The van der Waals surface area contributed by atoms with Crippen LogP contribution in [0.3, 0.4) is 0 Å². The number of benzene rings is 3. The second kappa shape index (κ2) is 14.8. The van der Waals surface area contributed by atoms with Crippen LogP contribution in [0.25, 0.3) is 0 Å². The molecule has 0 saturated carbocycles. The molecule has 0 aliphatic rings. The lowest BCUT2D eigenvalue weighted by Crippen LogP contribution is -2.54. The Kier molecular flexibility index (Phi) is 11.7. The van der Waals surface area contributed by atoms with Gasteiger partial charge in [0.25, 0.3) is 0 Å². The monoisotopic (exact) mass is 633 g/mol. The maximum Gasteiger partial charge on any atom is 0.244 e. The lowest BCUT2D eigenvalue weighted by molar-refractivity contribution is -0.140. The van der Waals surface area contributed by atoms with Gasteiger partial charge in [0.05, 0.1) is 19.1 Å². The predicted octanol–water partition coefficient (Wildman–Crippen LogP) is 5.63. The van der Waals surface area contributed by atoms with Gasteiger partial charge in [-0.3, -0.25) is 13.9 Å². The van der Waals surface area contributed by atoms with Crippen LogP contribution in [-0.4, -0.2) is 57.1 Å². The highest BCUT2D eigenvalue weighted by atomic mass is 35.5. The van der Waals surface area contributed by atoms with E-state index in [0.29, 0.717) is 22.0 Å². The number of aryl methyl sites for hydroxylation is 1. The molecule has 3 aromatic rings. The Labute approximate surface area is 258 Å². The van der Waals surface area contributed by atoms with E-state index in [9.17, 15) is 18.0 Å². The van der Waals surface area contributed by atoms with Crippen molar-refractivity contribution in [3.63, 3.8) is 0 Å². The van der Waals surface area contributed by atoms with E-state index in [-0.39, 0.29) is 36.4 Å². The molecule has 0 aromatic heterocycles. The van der Waals surface area contributed by atoms with Gasteiger partial charge in [-0.15, -0.1) is 0 Å². The summed E-state index contributed by atoms with van der Waals surface area (Å²) in [6.07, 6.45) is 1.89. The van der Waals surface area contributed by atoms with E-state index >= 15 is 0 Å². The van der Waals surface area contributed by atoms with Gasteiger partial charge in [-0.2, -0.15) is 0 Å². The van der Waals surface area contributed by atoms with Crippen molar-refractivity contribution in [2.24, 2.45) is 0 Å². The second-order valence-electron chi connectivity index (χ2n) is 10.2. The minimum atomic E-state index is -3.96. The van der Waals surface area contributed by atoms with Crippen molar-refractivity contribution in [2.75, 3.05) is 24.2 Å². The molecule has 0 aliphatic heterocycles. The van der Waals surface area contributed by atoms with Gasteiger partial charge in [0, 0.05) is 34.6 Å². The van der Waals surface area contributed by atoms with Crippen LogP contribution in [0.1, 0.15) is 37.0 Å². The van der Waals surface area contributed by atoms with Gasteiger partial charge < -0.3 is 15.0 Å². The van der Waals surface area contributed by atoms with E-state index in [1.54, 1.807) is 36.4 Å². The molecule has 2 amide bonds. The molecule has 0 spiro atoms. The van der Waals surface area contributed by atoms with E-state index in [4.69, 9.17) is 27.9 Å². The van der Waals surface area contributed by atoms with Gasteiger partial charge in [0.1, 0.15) is 18.3 Å². The standard InChI is InChI=1S/C31H37Cl2N3O5S/c1-6-22(3)34-31(38)28(18-23-11-8-7-9-12-23)35(19-24-25(32)13-10-14-26(24)33)30(37)20-36(42(5,39)40)27-17-21(2)15-16-29(27)41-4/h7-17,22,28H,6,18-20H2,1-5H3,(H,34,38)/t22-,28-/m1/s1. The van der Waals surface area contributed by atoms with Crippen molar-refractivity contribution >= 4 is 50.7 Å². The summed E-state index contributed by atoms with van der Waals surface area (Å²) >= 11 is 13.0. The zero-order valence-corrected chi connectivity index (χ0v) is 26.8. The van der Waals surface area contributed by atoms with Crippen molar-refractivity contribution in [3.8, 4) is 5.75 Å². The Balaban J connectivity index is 2.15. The normalized spacial score (nSPS) is 12.7. The quantitative estimate of drug-likeness (QED) is 0.263. The molecule has 0 radical (unpaired) electrons. The summed E-state index contributed by atoms with van der Waals surface area (Å²) in [5, 5.41) is 3.63. The third-order valence-corrected chi connectivity index (χ3v) is 8.78. The number of nitrogens with one attached hydrogen (secondary N) is 1.